The van der Waals surface area contributed by atoms with Gasteiger partial charge in [-0.2, -0.15) is 0 Å². The third-order valence-corrected chi connectivity index (χ3v) is 3.88. The molecule has 8 heteroatoms. The molecule has 0 bridgehead atoms. The van der Waals surface area contributed by atoms with Crippen LogP contribution in [0.3, 0.4) is 0 Å². The summed E-state index contributed by atoms with van der Waals surface area (Å²) in [5.41, 5.74) is -0.482. The number of carbonyl (C=O) groups is 2. The molecule has 0 aromatic heterocycles. The molecule has 0 radical (unpaired) electrons. The molecule has 1 heterocycles. The van der Waals surface area contributed by atoms with Gasteiger partial charge in [0.15, 0.2) is 5.82 Å². The molecule has 110 valence electrons. The van der Waals surface area contributed by atoms with Crippen molar-refractivity contribution in [3.63, 3.8) is 0 Å². The lowest BCUT2D eigenvalue weighted by Crippen LogP contribution is -2.30. The fourth-order valence-corrected chi connectivity index (χ4v) is 2.72. The molecule has 2 amide bonds. The summed E-state index contributed by atoms with van der Waals surface area (Å²) >= 11 is 2.95. The summed E-state index contributed by atoms with van der Waals surface area (Å²) in [5.74, 6) is -2.36. The first-order valence-corrected chi connectivity index (χ1v) is 6.82. The molecule has 22 heavy (non-hydrogen) atoms. The fraction of sp³-hybridized carbons (Fsp3) is 0. The monoisotopic (exact) mass is 364 g/mol. The smallest absolute Gasteiger partial charge is 0.268 e. The van der Waals surface area contributed by atoms with Gasteiger partial charge in [0, 0.05) is 0 Å². The number of hydrogen-bond acceptors (Lipinski definition) is 4. The van der Waals surface area contributed by atoms with E-state index in [0.29, 0.717) is 11.0 Å². The zero-order valence-corrected chi connectivity index (χ0v) is 12.3. The maximum Gasteiger partial charge on any atom is 0.286 e. The summed E-state index contributed by atoms with van der Waals surface area (Å²) in [7, 11) is 0. The Balaban J connectivity index is 2.14. The summed E-state index contributed by atoms with van der Waals surface area (Å²) in [5, 5.41) is 10.8. The van der Waals surface area contributed by atoms with Crippen molar-refractivity contribution >= 4 is 39.1 Å². The van der Waals surface area contributed by atoms with Gasteiger partial charge in [0.25, 0.3) is 17.5 Å². The Bertz CT molecular complexity index is 818. The van der Waals surface area contributed by atoms with E-state index < -0.39 is 28.2 Å². The Labute approximate surface area is 131 Å². The normalized spacial score (nSPS) is 13.5. The molecular weight excluding hydrogens is 359 g/mol. The zero-order valence-electron chi connectivity index (χ0n) is 10.7. The number of nitro groups is 1. The number of amides is 2. The molecule has 0 saturated carbocycles. The van der Waals surface area contributed by atoms with Gasteiger partial charge >= 0.3 is 0 Å². The Morgan fingerprint density at radius 3 is 2.14 bits per heavy atom. The van der Waals surface area contributed by atoms with Crippen LogP contribution in [0, 0.1) is 15.9 Å². The highest BCUT2D eigenvalue weighted by Crippen LogP contribution is 2.36. The first-order valence-electron chi connectivity index (χ1n) is 6.03. The van der Waals surface area contributed by atoms with Crippen molar-refractivity contribution in [3.8, 4) is 0 Å². The minimum Gasteiger partial charge on any atom is -0.268 e. The maximum absolute atomic E-state index is 14.1. The zero-order chi connectivity index (χ0) is 16.0. The van der Waals surface area contributed by atoms with Gasteiger partial charge in [-0.25, -0.2) is 9.29 Å². The van der Waals surface area contributed by atoms with Crippen molar-refractivity contribution in [1.82, 2.24) is 0 Å². The largest absolute Gasteiger partial charge is 0.286 e. The van der Waals surface area contributed by atoms with E-state index in [0.717, 1.165) is 6.07 Å². The highest BCUT2D eigenvalue weighted by molar-refractivity contribution is 9.10. The quantitative estimate of drug-likeness (QED) is 0.465. The van der Waals surface area contributed by atoms with E-state index >= 15 is 0 Å². The number of benzene rings is 2. The van der Waals surface area contributed by atoms with Crippen LogP contribution in [0.25, 0.3) is 0 Å². The van der Waals surface area contributed by atoms with Gasteiger partial charge in [0.05, 0.1) is 32.3 Å². The molecule has 1 aliphatic heterocycles. The van der Waals surface area contributed by atoms with Gasteiger partial charge in [-0.3, -0.25) is 19.7 Å². The summed E-state index contributed by atoms with van der Waals surface area (Å²) in [6.07, 6.45) is 0. The van der Waals surface area contributed by atoms with Crippen molar-refractivity contribution < 1.29 is 18.9 Å². The SMILES string of the molecule is O=C1c2ccccc2C(=O)N1c1cc(Br)c([N+](=O)[O-])cc1F. The van der Waals surface area contributed by atoms with Crippen LogP contribution < -0.4 is 4.90 Å². The predicted molar refractivity (Wildman–Crippen MR) is 78.3 cm³/mol. The van der Waals surface area contributed by atoms with E-state index in [9.17, 15) is 24.1 Å². The van der Waals surface area contributed by atoms with Crippen LogP contribution in [0.2, 0.25) is 0 Å². The fourth-order valence-electron chi connectivity index (χ4n) is 2.25. The third-order valence-electron chi connectivity index (χ3n) is 3.25. The number of anilines is 1. The molecule has 0 N–H and O–H groups in total. The van der Waals surface area contributed by atoms with Crippen LogP contribution in [-0.4, -0.2) is 16.7 Å². The van der Waals surface area contributed by atoms with E-state index in [1.807, 2.05) is 0 Å². The first-order chi connectivity index (χ1) is 10.4. The van der Waals surface area contributed by atoms with Crippen LogP contribution in [0.15, 0.2) is 40.9 Å². The number of hydrogen-bond donors (Lipinski definition) is 0. The molecule has 0 spiro atoms. The van der Waals surface area contributed by atoms with E-state index in [1.165, 1.54) is 12.1 Å². The molecule has 2 aromatic rings. The van der Waals surface area contributed by atoms with Crippen molar-refractivity contribution in [1.29, 1.82) is 0 Å². The van der Waals surface area contributed by atoms with E-state index in [2.05, 4.69) is 15.9 Å². The summed E-state index contributed by atoms with van der Waals surface area (Å²) in [6.45, 7) is 0. The third kappa shape index (κ3) is 2.00. The molecule has 2 aromatic carbocycles. The average Bonchev–Trinajstić information content (AvgIpc) is 2.73. The van der Waals surface area contributed by atoms with Crippen molar-refractivity contribution in [2.45, 2.75) is 0 Å². The standard InChI is InChI=1S/C14H6BrFN2O4/c15-9-5-12(10(16)6-11(9)18(21)22)17-13(19)7-3-1-2-4-8(7)14(17)20/h1-6H. The number of halogens is 2. The van der Waals surface area contributed by atoms with Crippen LogP contribution in [0.4, 0.5) is 15.8 Å². The van der Waals surface area contributed by atoms with E-state index in [-0.39, 0.29) is 21.3 Å². The number of imide groups is 1. The minimum absolute atomic E-state index is 0.0227. The van der Waals surface area contributed by atoms with Crippen LogP contribution in [-0.2, 0) is 0 Å². The van der Waals surface area contributed by atoms with Crippen molar-refractivity contribution in [2.75, 3.05) is 4.90 Å². The van der Waals surface area contributed by atoms with Gasteiger partial charge < -0.3 is 0 Å². The molecule has 0 saturated heterocycles. The number of nitrogens with zero attached hydrogens (tertiary/aromatic N) is 2. The highest BCUT2D eigenvalue weighted by Gasteiger charge is 2.38. The Hall–Kier alpha value is -2.61. The lowest BCUT2D eigenvalue weighted by atomic mass is 10.1. The molecule has 0 aliphatic carbocycles. The lowest BCUT2D eigenvalue weighted by molar-refractivity contribution is -0.385. The summed E-state index contributed by atoms with van der Waals surface area (Å²) < 4.78 is 14.1. The number of nitro benzene ring substituents is 1. The Morgan fingerprint density at radius 2 is 1.64 bits per heavy atom. The van der Waals surface area contributed by atoms with Crippen LogP contribution >= 0.6 is 15.9 Å². The van der Waals surface area contributed by atoms with Crippen LogP contribution in [0.5, 0.6) is 0 Å². The number of rotatable bonds is 2. The maximum atomic E-state index is 14.1. The van der Waals surface area contributed by atoms with Crippen molar-refractivity contribution in [2.24, 2.45) is 0 Å². The lowest BCUT2D eigenvalue weighted by Gasteiger charge is -2.15. The Kier molecular flexibility index (Phi) is 3.25. The minimum atomic E-state index is -1.02. The van der Waals surface area contributed by atoms with Crippen molar-refractivity contribution in [3.05, 3.63) is 67.9 Å². The topological polar surface area (TPSA) is 80.5 Å². The molecular formula is C14H6BrFN2O4. The van der Waals surface area contributed by atoms with E-state index in [4.69, 9.17) is 0 Å². The second-order valence-electron chi connectivity index (χ2n) is 4.50. The summed E-state index contributed by atoms with van der Waals surface area (Å²) in [6, 6.07) is 7.84. The van der Waals surface area contributed by atoms with Gasteiger partial charge in [-0.05, 0) is 34.1 Å². The Morgan fingerprint density at radius 1 is 1.09 bits per heavy atom. The van der Waals surface area contributed by atoms with Crippen LogP contribution in [0.1, 0.15) is 20.7 Å². The van der Waals surface area contributed by atoms with Gasteiger partial charge in [-0.15, -0.1) is 0 Å². The van der Waals surface area contributed by atoms with Gasteiger partial charge in [0.1, 0.15) is 0 Å². The molecule has 6 nitrogen and oxygen atoms in total. The molecule has 1 aliphatic rings. The first kappa shape index (κ1) is 14.3. The molecule has 0 atom stereocenters. The molecule has 3 rings (SSSR count). The average molecular weight is 365 g/mol. The highest BCUT2D eigenvalue weighted by atomic mass is 79.9. The van der Waals surface area contributed by atoms with E-state index in [1.54, 1.807) is 12.1 Å². The summed E-state index contributed by atoms with van der Waals surface area (Å²) in [4.78, 5) is 35.2. The van der Waals surface area contributed by atoms with Gasteiger partial charge in [-0.1, -0.05) is 12.1 Å². The second kappa shape index (κ2) is 4.99. The van der Waals surface area contributed by atoms with Gasteiger partial charge in [0.2, 0.25) is 0 Å². The number of carbonyl (C=O) groups excluding carboxylic acids is 2. The predicted octanol–water partition coefficient (Wildman–Crippen LogP) is 3.30. The second-order valence-corrected chi connectivity index (χ2v) is 5.36. The number of fused-ring (bicyclic) bond motifs is 1. The molecule has 0 fully saturated rings. The molecule has 0 unspecified atom stereocenters.